The average molecular weight is 384 g/mol. The van der Waals surface area contributed by atoms with Gasteiger partial charge in [-0.1, -0.05) is 18.2 Å². The molecule has 0 aliphatic heterocycles. The molecule has 0 unspecified atom stereocenters. The lowest BCUT2D eigenvalue weighted by atomic mass is 10.1. The van der Waals surface area contributed by atoms with Gasteiger partial charge in [-0.2, -0.15) is 0 Å². The first-order chi connectivity index (χ1) is 12.9. The number of sulfonamides is 1. The Morgan fingerprint density at radius 1 is 0.926 bits per heavy atom. The maximum absolute atomic E-state index is 12.5. The van der Waals surface area contributed by atoms with Crippen molar-refractivity contribution >= 4 is 15.7 Å². The molecule has 6 nitrogen and oxygen atoms in total. The van der Waals surface area contributed by atoms with E-state index >= 15 is 0 Å². The molecule has 0 bridgehead atoms. The number of pyridine rings is 1. The van der Waals surface area contributed by atoms with E-state index in [9.17, 15) is 8.42 Å². The van der Waals surface area contributed by atoms with Gasteiger partial charge >= 0.3 is 0 Å². The van der Waals surface area contributed by atoms with Gasteiger partial charge in [-0.15, -0.1) is 0 Å². The zero-order chi connectivity index (χ0) is 19.4. The summed E-state index contributed by atoms with van der Waals surface area (Å²) in [6.45, 7) is 3.92. The second-order valence-corrected chi connectivity index (χ2v) is 7.67. The Balaban J connectivity index is 1.75. The van der Waals surface area contributed by atoms with Crippen molar-refractivity contribution in [1.82, 2.24) is 4.98 Å². The minimum Gasteiger partial charge on any atom is -0.497 e. The van der Waals surface area contributed by atoms with Crippen molar-refractivity contribution < 1.29 is 17.9 Å². The van der Waals surface area contributed by atoms with Gasteiger partial charge < -0.3 is 9.47 Å². The molecule has 0 spiro atoms. The highest BCUT2D eigenvalue weighted by Gasteiger charge is 2.15. The minimum atomic E-state index is -3.71. The van der Waals surface area contributed by atoms with Gasteiger partial charge in [-0.25, -0.2) is 13.4 Å². The molecule has 1 heterocycles. The van der Waals surface area contributed by atoms with Crippen molar-refractivity contribution in [2.45, 2.75) is 18.7 Å². The average Bonchev–Trinajstić information content (AvgIpc) is 2.66. The van der Waals surface area contributed by atoms with Gasteiger partial charge in [0.25, 0.3) is 10.0 Å². The van der Waals surface area contributed by atoms with Gasteiger partial charge in [0.1, 0.15) is 11.5 Å². The summed E-state index contributed by atoms with van der Waals surface area (Å²) >= 11 is 0. The minimum absolute atomic E-state index is 0.138. The molecule has 0 aliphatic rings. The lowest BCUT2D eigenvalue weighted by molar-refractivity contribution is 0.414. The van der Waals surface area contributed by atoms with Gasteiger partial charge in [-0.3, -0.25) is 4.72 Å². The molecule has 0 radical (unpaired) electrons. The standard InChI is InChI=1S/C20H20N2O4S/c1-14-5-4-6-15(2)20(14)26-19-12-7-16(13-21-19)22-27(23,24)18-10-8-17(25-3)9-11-18/h4-13,22H,1-3H3. The summed E-state index contributed by atoms with van der Waals surface area (Å²) in [5, 5.41) is 0. The molecule has 7 heteroatoms. The van der Waals surface area contributed by atoms with E-state index in [1.54, 1.807) is 24.3 Å². The first-order valence-corrected chi connectivity index (χ1v) is 9.74. The van der Waals surface area contributed by atoms with Crippen molar-refractivity contribution in [2.75, 3.05) is 11.8 Å². The van der Waals surface area contributed by atoms with Crippen molar-refractivity contribution in [2.24, 2.45) is 0 Å². The van der Waals surface area contributed by atoms with Crippen LogP contribution in [0.25, 0.3) is 0 Å². The van der Waals surface area contributed by atoms with E-state index in [1.807, 2.05) is 32.0 Å². The Morgan fingerprint density at radius 2 is 1.59 bits per heavy atom. The largest absolute Gasteiger partial charge is 0.497 e. The molecule has 0 saturated carbocycles. The van der Waals surface area contributed by atoms with Gasteiger partial charge in [0, 0.05) is 6.07 Å². The first kappa shape index (κ1) is 18.7. The van der Waals surface area contributed by atoms with Crippen LogP contribution in [0.4, 0.5) is 5.69 Å². The molecule has 1 N–H and O–H groups in total. The maximum atomic E-state index is 12.5. The highest BCUT2D eigenvalue weighted by molar-refractivity contribution is 7.92. The number of ether oxygens (including phenoxy) is 2. The number of benzene rings is 2. The zero-order valence-corrected chi connectivity index (χ0v) is 16.1. The number of anilines is 1. The summed E-state index contributed by atoms with van der Waals surface area (Å²) in [6.07, 6.45) is 1.42. The third-order valence-corrected chi connectivity index (χ3v) is 5.37. The number of hydrogen-bond acceptors (Lipinski definition) is 5. The highest BCUT2D eigenvalue weighted by Crippen LogP contribution is 2.28. The van der Waals surface area contributed by atoms with Crippen LogP contribution in [0, 0.1) is 13.8 Å². The molecule has 140 valence electrons. The SMILES string of the molecule is COc1ccc(S(=O)(=O)Nc2ccc(Oc3c(C)cccc3C)nc2)cc1. The molecular weight excluding hydrogens is 364 g/mol. The summed E-state index contributed by atoms with van der Waals surface area (Å²) in [7, 11) is -2.19. The topological polar surface area (TPSA) is 77.5 Å². The lowest BCUT2D eigenvalue weighted by Gasteiger charge is -2.12. The van der Waals surface area contributed by atoms with Crippen LogP contribution >= 0.6 is 0 Å². The number of methoxy groups -OCH3 is 1. The van der Waals surface area contributed by atoms with Crippen LogP contribution < -0.4 is 14.2 Å². The monoisotopic (exact) mass is 384 g/mol. The third-order valence-electron chi connectivity index (χ3n) is 3.97. The van der Waals surface area contributed by atoms with E-state index in [0.29, 0.717) is 17.3 Å². The van der Waals surface area contributed by atoms with Crippen LogP contribution in [-0.2, 0) is 10.0 Å². The first-order valence-electron chi connectivity index (χ1n) is 8.26. The summed E-state index contributed by atoms with van der Waals surface area (Å²) in [5.41, 5.74) is 2.35. The zero-order valence-electron chi connectivity index (χ0n) is 15.3. The van der Waals surface area contributed by atoms with Crippen molar-refractivity contribution in [3.8, 4) is 17.4 Å². The van der Waals surface area contributed by atoms with Crippen molar-refractivity contribution in [3.63, 3.8) is 0 Å². The van der Waals surface area contributed by atoms with Crippen LogP contribution in [0.3, 0.4) is 0 Å². The molecule has 0 saturated heterocycles. The Bertz CT molecular complexity index is 1010. The molecule has 3 aromatic rings. The van der Waals surface area contributed by atoms with Crippen LogP contribution in [-0.4, -0.2) is 20.5 Å². The third kappa shape index (κ3) is 4.38. The highest BCUT2D eigenvalue weighted by atomic mass is 32.2. The van der Waals surface area contributed by atoms with E-state index in [4.69, 9.17) is 9.47 Å². The molecule has 2 aromatic carbocycles. The van der Waals surface area contributed by atoms with Crippen LogP contribution in [0.5, 0.6) is 17.4 Å². The van der Waals surface area contributed by atoms with E-state index in [0.717, 1.165) is 16.9 Å². The van der Waals surface area contributed by atoms with Gasteiger partial charge in [0.05, 0.1) is 23.9 Å². The fourth-order valence-electron chi connectivity index (χ4n) is 2.53. The van der Waals surface area contributed by atoms with Gasteiger partial charge in [-0.05, 0) is 55.3 Å². The molecular formula is C20H20N2O4S. The number of rotatable bonds is 6. The molecule has 0 amide bonds. The van der Waals surface area contributed by atoms with Crippen LogP contribution in [0.2, 0.25) is 0 Å². The van der Waals surface area contributed by atoms with E-state index in [1.165, 1.54) is 25.4 Å². The smallest absolute Gasteiger partial charge is 0.261 e. The van der Waals surface area contributed by atoms with Crippen molar-refractivity contribution in [1.29, 1.82) is 0 Å². The van der Waals surface area contributed by atoms with E-state index in [-0.39, 0.29) is 4.90 Å². The van der Waals surface area contributed by atoms with E-state index in [2.05, 4.69) is 9.71 Å². The lowest BCUT2D eigenvalue weighted by Crippen LogP contribution is -2.13. The van der Waals surface area contributed by atoms with Crippen LogP contribution in [0.15, 0.2) is 65.7 Å². The second kappa shape index (κ2) is 7.67. The fraction of sp³-hybridized carbons (Fsp3) is 0.150. The summed E-state index contributed by atoms with van der Waals surface area (Å²) in [4.78, 5) is 4.33. The Kier molecular flexibility index (Phi) is 5.32. The molecule has 3 rings (SSSR count). The molecule has 0 aliphatic carbocycles. The van der Waals surface area contributed by atoms with Crippen LogP contribution in [0.1, 0.15) is 11.1 Å². The molecule has 0 fully saturated rings. The number of para-hydroxylation sites is 1. The number of nitrogens with one attached hydrogen (secondary N) is 1. The number of aryl methyl sites for hydroxylation is 2. The summed E-state index contributed by atoms with van der Waals surface area (Å²) in [5.74, 6) is 1.72. The predicted molar refractivity (Wildman–Crippen MR) is 104 cm³/mol. The van der Waals surface area contributed by atoms with Crippen molar-refractivity contribution in [3.05, 3.63) is 71.9 Å². The Hall–Kier alpha value is -3.06. The molecule has 0 atom stereocenters. The molecule has 27 heavy (non-hydrogen) atoms. The fourth-order valence-corrected chi connectivity index (χ4v) is 3.58. The number of nitrogens with zero attached hydrogens (tertiary/aromatic N) is 1. The van der Waals surface area contributed by atoms with Gasteiger partial charge in [0.2, 0.25) is 5.88 Å². The number of hydrogen-bond donors (Lipinski definition) is 1. The quantitative estimate of drug-likeness (QED) is 0.686. The predicted octanol–water partition coefficient (Wildman–Crippen LogP) is 4.30. The Morgan fingerprint density at radius 3 is 2.15 bits per heavy atom. The van der Waals surface area contributed by atoms with Gasteiger partial charge in [0.15, 0.2) is 0 Å². The maximum Gasteiger partial charge on any atom is 0.261 e. The second-order valence-electron chi connectivity index (χ2n) is 5.99. The Labute approximate surface area is 158 Å². The van der Waals surface area contributed by atoms with E-state index < -0.39 is 10.0 Å². The normalized spacial score (nSPS) is 11.1. The summed E-state index contributed by atoms with van der Waals surface area (Å²) in [6, 6.07) is 15.2. The summed E-state index contributed by atoms with van der Waals surface area (Å²) < 4.78 is 38.3. The molecule has 1 aromatic heterocycles. The number of aromatic nitrogens is 1.